The second kappa shape index (κ2) is 11.6. The van der Waals surface area contributed by atoms with E-state index in [1.165, 1.54) is 38.1 Å². The number of benzene rings is 1. The molecule has 1 aromatic carbocycles. The fourth-order valence-electron chi connectivity index (χ4n) is 2.19. The second-order valence-corrected chi connectivity index (χ2v) is 5.72. The standard InChI is InChI=1S/C18H25N3O6/c1-13(22)26-11-9-21(10-12-27-14(2)23)8-7-20-18(25)16-5-3-15(4-6-16)17(19)24/h3-6H,7-12H2,1-2H3,(H2,19,24)(H,20,25). The van der Waals surface area contributed by atoms with Crippen LogP contribution in [0.2, 0.25) is 0 Å². The van der Waals surface area contributed by atoms with Crippen LogP contribution in [-0.4, -0.2) is 68.0 Å². The quantitative estimate of drug-likeness (QED) is 0.516. The van der Waals surface area contributed by atoms with Gasteiger partial charge < -0.3 is 20.5 Å². The van der Waals surface area contributed by atoms with Gasteiger partial charge in [-0.05, 0) is 24.3 Å². The average molecular weight is 379 g/mol. The Hall–Kier alpha value is -2.94. The van der Waals surface area contributed by atoms with E-state index in [9.17, 15) is 19.2 Å². The van der Waals surface area contributed by atoms with Crippen molar-refractivity contribution in [3.63, 3.8) is 0 Å². The molecule has 27 heavy (non-hydrogen) atoms. The molecule has 0 radical (unpaired) electrons. The van der Waals surface area contributed by atoms with Crippen LogP contribution in [0.25, 0.3) is 0 Å². The summed E-state index contributed by atoms with van der Waals surface area (Å²) in [5.74, 6) is -1.59. The monoisotopic (exact) mass is 379 g/mol. The van der Waals surface area contributed by atoms with Gasteiger partial charge in [0.05, 0.1) is 0 Å². The fourth-order valence-corrected chi connectivity index (χ4v) is 2.19. The number of nitrogens with one attached hydrogen (secondary N) is 1. The first-order valence-electron chi connectivity index (χ1n) is 8.46. The van der Waals surface area contributed by atoms with Crippen LogP contribution in [0.1, 0.15) is 34.6 Å². The molecule has 2 amide bonds. The number of esters is 2. The molecule has 0 heterocycles. The summed E-state index contributed by atoms with van der Waals surface area (Å²) in [7, 11) is 0. The van der Waals surface area contributed by atoms with Crippen LogP contribution in [0.4, 0.5) is 0 Å². The van der Waals surface area contributed by atoms with Crippen molar-refractivity contribution < 1.29 is 28.7 Å². The number of carbonyl (C=O) groups excluding carboxylic acids is 4. The van der Waals surface area contributed by atoms with E-state index in [1.54, 1.807) is 0 Å². The number of hydrogen-bond acceptors (Lipinski definition) is 7. The van der Waals surface area contributed by atoms with Crippen molar-refractivity contribution in [1.29, 1.82) is 0 Å². The molecule has 0 aliphatic heterocycles. The first-order chi connectivity index (χ1) is 12.8. The predicted molar refractivity (Wildman–Crippen MR) is 97.0 cm³/mol. The number of amides is 2. The summed E-state index contributed by atoms with van der Waals surface area (Å²) in [5, 5.41) is 2.76. The minimum absolute atomic E-state index is 0.206. The van der Waals surface area contributed by atoms with Gasteiger partial charge in [-0.3, -0.25) is 24.1 Å². The van der Waals surface area contributed by atoms with Crippen molar-refractivity contribution in [2.45, 2.75) is 13.8 Å². The Bertz CT molecular complexity index is 640. The van der Waals surface area contributed by atoms with Crippen molar-refractivity contribution >= 4 is 23.8 Å². The third-order valence-electron chi connectivity index (χ3n) is 3.57. The Morgan fingerprint density at radius 2 is 1.37 bits per heavy atom. The lowest BCUT2D eigenvalue weighted by molar-refractivity contribution is -0.141. The zero-order chi connectivity index (χ0) is 20.2. The van der Waals surface area contributed by atoms with Crippen LogP contribution < -0.4 is 11.1 Å². The summed E-state index contributed by atoms with van der Waals surface area (Å²) in [5.41, 5.74) is 5.90. The predicted octanol–water partition coefficient (Wildman–Crippen LogP) is -0.0565. The minimum Gasteiger partial charge on any atom is -0.465 e. The number of primary amides is 1. The van der Waals surface area contributed by atoms with Gasteiger partial charge in [0.1, 0.15) is 13.2 Å². The van der Waals surface area contributed by atoms with Gasteiger partial charge in [-0.1, -0.05) is 0 Å². The summed E-state index contributed by atoms with van der Waals surface area (Å²) >= 11 is 0. The summed E-state index contributed by atoms with van der Waals surface area (Å²) in [6.07, 6.45) is 0. The summed E-state index contributed by atoms with van der Waals surface area (Å²) < 4.78 is 9.83. The lowest BCUT2D eigenvalue weighted by Gasteiger charge is -2.22. The molecule has 0 aromatic heterocycles. The smallest absolute Gasteiger partial charge is 0.302 e. The van der Waals surface area contributed by atoms with E-state index in [2.05, 4.69) is 5.32 Å². The Morgan fingerprint density at radius 3 is 1.81 bits per heavy atom. The van der Waals surface area contributed by atoms with Crippen LogP contribution in [0.3, 0.4) is 0 Å². The first kappa shape index (κ1) is 22.1. The van der Waals surface area contributed by atoms with Crippen molar-refractivity contribution in [1.82, 2.24) is 10.2 Å². The zero-order valence-electron chi connectivity index (χ0n) is 15.5. The van der Waals surface area contributed by atoms with Gasteiger partial charge in [-0.2, -0.15) is 0 Å². The number of carbonyl (C=O) groups is 4. The molecule has 0 spiro atoms. The van der Waals surface area contributed by atoms with Crippen LogP contribution in [0, 0.1) is 0 Å². The van der Waals surface area contributed by atoms with Gasteiger partial charge in [0, 0.05) is 51.2 Å². The van der Waals surface area contributed by atoms with E-state index < -0.39 is 5.91 Å². The maximum absolute atomic E-state index is 12.1. The molecule has 148 valence electrons. The molecule has 9 nitrogen and oxygen atoms in total. The van der Waals surface area contributed by atoms with Crippen molar-refractivity contribution in [3.05, 3.63) is 35.4 Å². The first-order valence-corrected chi connectivity index (χ1v) is 8.46. The Balaban J connectivity index is 2.46. The molecule has 0 atom stereocenters. The van der Waals surface area contributed by atoms with E-state index in [0.717, 1.165) is 0 Å². The lowest BCUT2D eigenvalue weighted by Crippen LogP contribution is -2.38. The average Bonchev–Trinajstić information content (AvgIpc) is 2.60. The molecular formula is C18H25N3O6. The number of hydrogen-bond donors (Lipinski definition) is 2. The molecule has 3 N–H and O–H groups in total. The maximum atomic E-state index is 12.1. The molecule has 0 saturated carbocycles. The van der Waals surface area contributed by atoms with Crippen LogP contribution >= 0.6 is 0 Å². The van der Waals surface area contributed by atoms with E-state index >= 15 is 0 Å². The number of rotatable bonds is 11. The summed E-state index contributed by atoms with van der Waals surface area (Å²) in [6.45, 7) is 4.79. The molecule has 9 heteroatoms. The van der Waals surface area contributed by atoms with Gasteiger partial charge in [0.15, 0.2) is 0 Å². The van der Waals surface area contributed by atoms with Gasteiger partial charge in [0.2, 0.25) is 5.91 Å². The van der Waals surface area contributed by atoms with Crippen molar-refractivity contribution in [2.24, 2.45) is 5.73 Å². The van der Waals surface area contributed by atoms with E-state index in [-0.39, 0.29) is 31.1 Å². The normalized spacial score (nSPS) is 10.3. The van der Waals surface area contributed by atoms with Crippen molar-refractivity contribution in [2.75, 3.05) is 39.4 Å². The highest BCUT2D eigenvalue weighted by molar-refractivity contribution is 5.97. The van der Waals surface area contributed by atoms with E-state index in [1.807, 2.05) is 4.90 Å². The van der Waals surface area contributed by atoms with Crippen LogP contribution in [0.15, 0.2) is 24.3 Å². The summed E-state index contributed by atoms with van der Waals surface area (Å²) in [4.78, 5) is 46.8. The van der Waals surface area contributed by atoms with Gasteiger partial charge in [-0.15, -0.1) is 0 Å². The second-order valence-electron chi connectivity index (χ2n) is 5.72. The highest BCUT2D eigenvalue weighted by atomic mass is 16.5. The molecule has 0 aliphatic carbocycles. The molecular weight excluding hydrogens is 354 g/mol. The summed E-state index contributed by atoms with van der Waals surface area (Å²) in [6, 6.07) is 6.02. The van der Waals surface area contributed by atoms with Crippen LogP contribution in [0.5, 0.6) is 0 Å². The van der Waals surface area contributed by atoms with E-state index in [0.29, 0.717) is 37.3 Å². The third-order valence-corrected chi connectivity index (χ3v) is 3.57. The fraction of sp³-hybridized carbons (Fsp3) is 0.444. The largest absolute Gasteiger partial charge is 0.465 e. The molecule has 0 saturated heterocycles. The number of nitrogens with two attached hydrogens (primary N) is 1. The lowest BCUT2D eigenvalue weighted by atomic mass is 10.1. The van der Waals surface area contributed by atoms with Crippen LogP contribution in [-0.2, 0) is 19.1 Å². The molecule has 1 aromatic rings. The maximum Gasteiger partial charge on any atom is 0.302 e. The highest BCUT2D eigenvalue weighted by Crippen LogP contribution is 2.03. The molecule has 0 fully saturated rings. The molecule has 1 rings (SSSR count). The zero-order valence-corrected chi connectivity index (χ0v) is 15.5. The Morgan fingerprint density at radius 1 is 0.889 bits per heavy atom. The Kier molecular flexibility index (Phi) is 9.52. The topological polar surface area (TPSA) is 128 Å². The molecule has 0 aliphatic rings. The highest BCUT2D eigenvalue weighted by Gasteiger charge is 2.10. The number of nitrogens with zero attached hydrogens (tertiary/aromatic N) is 1. The SMILES string of the molecule is CC(=O)OCCN(CCNC(=O)c1ccc(C(N)=O)cc1)CCOC(C)=O. The molecule has 0 bridgehead atoms. The van der Waals surface area contributed by atoms with Gasteiger partial charge >= 0.3 is 11.9 Å². The third kappa shape index (κ3) is 9.36. The minimum atomic E-state index is -0.557. The van der Waals surface area contributed by atoms with E-state index in [4.69, 9.17) is 15.2 Å². The number of ether oxygens (including phenoxy) is 2. The van der Waals surface area contributed by atoms with Gasteiger partial charge in [-0.25, -0.2) is 0 Å². The van der Waals surface area contributed by atoms with Crippen molar-refractivity contribution in [3.8, 4) is 0 Å². The van der Waals surface area contributed by atoms with Gasteiger partial charge in [0.25, 0.3) is 5.91 Å². The molecule has 0 unspecified atom stereocenters. The Labute approximate surface area is 157 Å².